The van der Waals surface area contributed by atoms with Crippen molar-refractivity contribution in [2.45, 2.75) is 0 Å². The Morgan fingerprint density at radius 2 is 1.46 bits per heavy atom. The summed E-state index contributed by atoms with van der Waals surface area (Å²) in [4.78, 5) is 44.8. The molecular weight excluding hydrogens is 324 g/mol. The van der Waals surface area contributed by atoms with Gasteiger partial charge in [0.25, 0.3) is 5.69 Å². The molecule has 0 unspecified atom stereocenters. The number of ketones is 2. The molecule has 2 N–H and O–H groups in total. The minimum Gasteiger partial charge on any atom is -0.504 e. The van der Waals surface area contributed by atoms with E-state index in [1.165, 1.54) is 0 Å². The summed E-state index contributed by atoms with van der Waals surface area (Å²) in [6.45, 7) is 0. The second kappa shape index (κ2) is 4.84. The molecule has 2 aromatic carbocycles. The SMILES string of the molecule is O=C1c2cc([N+](=O)[O-])ccc2C(=O)c2c1cc([N+](=O)[O-])c(O)c2O. The largest absolute Gasteiger partial charge is 0.504 e. The molecule has 1 aliphatic carbocycles. The molecule has 0 bridgehead atoms. The van der Waals surface area contributed by atoms with Crippen molar-refractivity contribution in [1.29, 1.82) is 0 Å². The summed E-state index contributed by atoms with van der Waals surface area (Å²) in [5.41, 5.74) is -2.99. The zero-order chi connectivity index (χ0) is 17.8. The predicted molar refractivity (Wildman–Crippen MR) is 76.4 cm³/mol. The number of hydrogen-bond acceptors (Lipinski definition) is 8. The molecule has 0 spiro atoms. The first kappa shape index (κ1) is 15.1. The number of phenolic OH excluding ortho intramolecular Hbond substituents is 2. The molecule has 10 nitrogen and oxygen atoms in total. The number of hydrogen-bond donors (Lipinski definition) is 2. The van der Waals surface area contributed by atoms with Crippen molar-refractivity contribution in [1.82, 2.24) is 0 Å². The van der Waals surface area contributed by atoms with E-state index in [0.29, 0.717) is 6.07 Å². The summed E-state index contributed by atoms with van der Waals surface area (Å²) in [5.74, 6) is -3.99. The second-order valence-electron chi connectivity index (χ2n) is 4.92. The molecule has 0 saturated heterocycles. The van der Waals surface area contributed by atoms with Crippen LogP contribution in [0, 0.1) is 20.2 Å². The number of carbonyl (C=O) groups is 2. The van der Waals surface area contributed by atoms with E-state index in [1.807, 2.05) is 0 Å². The fourth-order valence-electron chi connectivity index (χ4n) is 2.50. The number of nitrogens with zero attached hydrogens (tertiary/aromatic N) is 2. The lowest BCUT2D eigenvalue weighted by molar-refractivity contribution is -0.386. The van der Waals surface area contributed by atoms with Gasteiger partial charge in [-0.25, -0.2) is 0 Å². The summed E-state index contributed by atoms with van der Waals surface area (Å²) >= 11 is 0. The van der Waals surface area contributed by atoms with E-state index >= 15 is 0 Å². The van der Waals surface area contributed by atoms with Crippen LogP contribution in [0.5, 0.6) is 11.5 Å². The van der Waals surface area contributed by atoms with Crippen molar-refractivity contribution in [3.05, 3.63) is 66.7 Å². The van der Waals surface area contributed by atoms with Gasteiger partial charge in [-0.1, -0.05) is 0 Å². The Balaban J connectivity index is 2.33. The molecule has 0 heterocycles. The third-order valence-corrected chi connectivity index (χ3v) is 3.63. The lowest BCUT2D eigenvalue weighted by Gasteiger charge is -2.18. The smallest absolute Gasteiger partial charge is 0.315 e. The highest BCUT2D eigenvalue weighted by Crippen LogP contribution is 2.44. The fourth-order valence-corrected chi connectivity index (χ4v) is 2.50. The third kappa shape index (κ3) is 1.90. The highest BCUT2D eigenvalue weighted by atomic mass is 16.6. The van der Waals surface area contributed by atoms with Crippen LogP contribution in [0.3, 0.4) is 0 Å². The van der Waals surface area contributed by atoms with Crippen LogP contribution in [-0.2, 0) is 0 Å². The number of benzene rings is 2. The van der Waals surface area contributed by atoms with Gasteiger partial charge in [-0.2, -0.15) is 0 Å². The molecule has 24 heavy (non-hydrogen) atoms. The Morgan fingerprint density at radius 3 is 2.04 bits per heavy atom. The van der Waals surface area contributed by atoms with Crippen LogP contribution in [0.4, 0.5) is 11.4 Å². The summed E-state index contributed by atoms with van der Waals surface area (Å²) in [6, 6.07) is 3.60. The maximum atomic E-state index is 12.5. The van der Waals surface area contributed by atoms with Gasteiger partial charge in [0.1, 0.15) is 0 Å². The zero-order valence-electron chi connectivity index (χ0n) is 11.5. The fraction of sp³-hybridized carbons (Fsp3) is 0. The van der Waals surface area contributed by atoms with E-state index in [1.54, 1.807) is 0 Å². The Bertz CT molecular complexity index is 979. The number of carbonyl (C=O) groups excluding carboxylic acids is 2. The van der Waals surface area contributed by atoms with Gasteiger partial charge in [0.05, 0.1) is 15.4 Å². The molecule has 0 saturated carbocycles. The van der Waals surface area contributed by atoms with Crippen LogP contribution in [0.25, 0.3) is 0 Å². The molecule has 10 heteroatoms. The van der Waals surface area contributed by atoms with Crippen LogP contribution >= 0.6 is 0 Å². The van der Waals surface area contributed by atoms with E-state index in [4.69, 9.17) is 0 Å². The minimum absolute atomic E-state index is 0.207. The Labute approximate surface area is 131 Å². The summed E-state index contributed by atoms with van der Waals surface area (Å²) < 4.78 is 0. The van der Waals surface area contributed by atoms with E-state index in [2.05, 4.69) is 0 Å². The van der Waals surface area contributed by atoms with Crippen LogP contribution < -0.4 is 0 Å². The number of nitro benzene ring substituents is 2. The maximum Gasteiger partial charge on any atom is 0.315 e. The highest BCUT2D eigenvalue weighted by Gasteiger charge is 2.37. The normalized spacial score (nSPS) is 12.5. The lowest BCUT2D eigenvalue weighted by Crippen LogP contribution is -2.21. The van der Waals surface area contributed by atoms with Crippen molar-refractivity contribution >= 4 is 22.9 Å². The van der Waals surface area contributed by atoms with Crippen molar-refractivity contribution in [3.8, 4) is 11.5 Å². The van der Waals surface area contributed by atoms with Crippen LogP contribution in [-0.4, -0.2) is 31.6 Å². The van der Waals surface area contributed by atoms with E-state index in [9.17, 15) is 40.0 Å². The standard InChI is InChI=1S/C14H6N2O8/c17-11-7-3-5(15(21)22)1-2-6(7)12(18)10-8(11)4-9(16(23)24)13(19)14(10)20/h1-4,19-20H. The number of non-ortho nitro benzene ring substituents is 1. The van der Waals surface area contributed by atoms with E-state index in [-0.39, 0.29) is 11.1 Å². The molecule has 0 radical (unpaired) electrons. The van der Waals surface area contributed by atoms with Crippen molar-refractivity contribution in [3.63, 3.8) is 0 Å². The number of phenols is 2. The molecule has 1 aliphatic rings. The first-order valence-corrected chi connectivity index (χ1v) is 6.35. The lowest BCUT2D eigenvalue weighted by atomic mass is 9.83. The minimum atomic E-state index is -1.13. The van der Waals surface area contributed by atoms with Gasteiger partial charge in [-0.15, -0.1) is 0 Å². The van der Waals surface area contributed by atoms with Gasteiger partial charge in [0.2, 0.25) is 5.75 Å². The monoisotopic (exact) mass is 330 g/mol. The third-order valence-electron chi connectivity index (χ3n) is 3.63. The average molecular weight is 330 g/mol. The molecule has 0 fully saturated rings. The van der Waals surface area contributed by atoms with Gasteiger partial charge in [0.15, 0.2) is 17.3 Å². The first-order chi connectivity index (χ1) is 11.2. The Hall–Kier alpha value is -3.82. The Kier molecular flexibility index (Phi) is 3.04. The Morgan fingerprint density at radius 1 is 0.792 bits per heavy atom. The highest BCUT2D eigenvalue weighted by molar-refractivity contribution is 6.30. The second-order valence-corrected chi connectivity index (χ2v) is 4.92. The predicted octanol–water partition coefficient (Wildman–Crippen LogP) is 1.69. The molecule has 3 rings (SSSR count). The zero-order valence-corrected chi connectivity index (χ0v) is 11.5. The number of rotatable bonds is 2. The molecule has 0 amide bonds. The molecule has 0 aromatic heterocycles. The maximum absolute atomic E-state index is 12.5. The number of nitro groups is 2. The van der Waals surface area contributed by atoms with Gasteiger partial charge >= 0.3 is 5.69 Å². The molecule has 2 aromatic rings. The molecule has 0 atom stereocenters. The van der Waals surface area contributed by atoms with Crippen molar-refractivity contribution in [2.24, 2.45) is 0 Å². The topological polar surface area (TPSA) is 161 Å². The van der Waals surface area contributed by atoms with Crippen molar-refractivity contribution in [2.75, 3.05) is 0 Å². The van der Waals surface area contributed by atoms with Crippen LogP contribution in [0.2, 0.25) is 0 Å². The van der Waals surface area contributed by atoms with Gasteiger partial charge in [-0.3, -0.25) is 29.8 Å². The molecular formula is C14H6N2O8. The quantitative estimate of drug-likeness (QED) is 0.407. The molecule has 0 aliphatic heterocycles. The van der Waals surface area contributed by atoms with Gasteiger partial charge in [-0.05, 0) is 6.07 Å². The van der Waals surface area contributed by atoms with Gasteiger partial charge in [0, 0.05) is 34.9 Å². The van der Waals surface area contributed by atoms with E-state index in [0.717, 1.165) is 18.2 Å². The molecule has 120 valence electrons. The van der Waals surface area contributed by atoms with Gasteiger partial charge < -0.3 is 10.2 Å². The van der Waals surface area contributed by atoms with Crippen LogP contribution in [0.15, 0.2) is 24.3 Å². The summed E-state index contributed by atoms with van der Waals surface area (Å²) in [5, 5.41) is 41.2. The van der Waals surface area contributed by atoms with Crippen molar-refractivity contribution < 1.29 is 29.6 Å². The number of fused-ring (bicyclic) bond motifs is 2. The van der Waals surface area contributed by atoms with E-state index < -0.39 is 55.4 Å². The summed E-state index contributed by atoms with van der Waals surface area (Å²) in [6.07, 6.45) is 0. The van der Waals surface area contributed by atoms with Crippen LogP contribution in [0.1, 0.15) is 31.8 Å². The first-order valence-electron chi connectivity index (χ1n) is 6.35. The summed E-state index contributed by atoms with van der Waals surface area (Å²) in [7, 11) is 0. The average Bonchev–Trinajstić information content (AvgIpc) is 2.54. The number of aromatic hydroxyl groups is 2.